The van der Waals surface area contributed by atoms with E-state index in [0.29, 0.717) is 5.92 Å². The molecule has 0 saturated carbocycles. The van der Waals surface area contributed by atoms with E-state index in [1.165, 1.54) is 5.56 Å². The van der Waals surface area contributed by atoms with Crippen LogP contribution in [0.15, 0.2) is 30.3 Å². The third-order valence-corrected chi connectivity index (χ3v) is 4.70. The molecule has 0 fully saturated rings. The molecule has 0 atom stereocenters. The smallest absolute Gasteiger partial charge is 0.0706 e. The Labute approximate surface area is 159 Å². The molecule has 2 heteroatoms. The number of aryl methyl sites for hydroxylation is 1. The van der Waals surface area contributed by atoms with Crippen molar-refractivity contribution in [3.05, 3.63) is 58.4 Å². The van der Waals surface area contributed by atoms with E-state index >= 15 is 0 Å². The lowest BCUT2D eigenvalue weighted by molar-refractivity contribution is 0.280. The fourth-order valence-electron chi connectivity index (χ4n) is 3.42. The van der Waals surface area contributed by atoms with Gasteiger partial charge >= 0.3 is 0 Å². The second-order valence-electron chi connectivity index (χ2n) is 7.68. The molecule has 1 heterocycles. The highest BCUT2D eigenvalue weighted by atomic mass is 16.3. The maximum atomic E-state index is 10.2. The van der Waals surface area contributed by atoms with Crippen LogP contribution >= 0.6 is 0 Å². The van der Waals surface area contributed by atoms with Crippen molar-refractivity contribution in [1.82, 2.24) is 4.98 Å². The summed E-state index contributed by atoms with van der Waals surface area (Å²) < 4.78 is 0. The molecule has 140 valence electrons. The molecule has 0 unspecified atom stereocenters. The van der Waals surface area contributed by atoms with Crippen molar-refractivity contribution in [2.75, 3.05) is 0 Å². The van der Waals surface area contributed by atoms with Crippen LogP contribution in [-0.2, 0) is 6.61 Å². The van der Waals surface area contributed by atoms with Crippen LogP contribution in [0, 0.1) is 6.92 Å². The van der Waals surface area contributed by atoms with E-state index in [2.05, 4.69) is 78.0 Å². The molecule has 0 aliphatic heterocycles. The molecular weight excluding hydrogens is 318 g/mol. The highest BCUT2D eigenvalue weighted by Gasteiger charge is 2.22. The van der Waals surface area contributed by atoms with E-state index in [1.54, 1.807) is 0 Å². The molecule has 1 aromatic carbocycles. The van der Waals surface area contributed by atoms with Crippen LogP contribution in [0.5, 0.6) is 0 Å². The van der Waals surface area contributed by atoms with Crippen LogP contribution in [0.1, 0.15) is 87.4 Å². The summed E-state index contributed by atoms with van der Waals surface area (Å²) >= 11 is 0. The Morgan fingerprint density at radius 2 is 1.77 bits per heavy atom. The van der Waals surface area contributed by atoms with E-state index in [0.717, 1.165) is 46.5 Å². The number of unbranched alkanes of at least 4 members (excludes halogenated alkanes) is 1. The lowest BCUT2D eigenvalue weighted by Crippen LogP contribution is -2.10. The van der Waals surface area contributed by atoms with Gasteiger partial charge in [-0.1, -0.05) is 83.0 Å². The summed E-state index contributed by atoms with van der Waals surface area (Å²) in [5.74, 6) is 0.594. The molecule has 0 aliphatic carbocycles. The van der Waals surface area contributed by atoms with Gasteiger partial charge in [0.2, 0.25) is 0 Å². The van der Waals surface area contributed by atoms with Gasteiger partial charge in [-0.15, -0.1) is 0 Å². The minimum absolute atomic E-state index is 0.0107. The first-order valence-electron chi connectivity index (χ1n) is 9.81. The van der Waals surface area contributed by atoms with Gasteiger partial charge in [-0.2, -0.15) is 0 Å². The molecule has 0 radical (unpaired) electrons. The van der Waals surface area contributed by atoms with Crippen molar-refractivity contribution < 1.29 is 5.11 Å². The zero-order valence-corrected chi connectivity index (χ0v) is 17.1. The summed E-state index contributed by atoms with van der Waals surface area (Å²) in [7, 11) is 0. The largest absolute Gasteiger partial charge is 0.392 e. The van der Waals surface area contributed by atoms with Crippen molar-refractivity contribution >= 4 is 6.08 Å². The topological polar surface area (TPSA) is 33.1 Å². The number of benzene rings is 1. The van der Waals surface area contributed by atoms with Crippen LogP contribution < -0.4 is 0 Å². The minimum atomic E-state index is 0.0107. The van der Waals surface area contributed by atoms with Crippen molar-refractivity contribution in [3.63, 3.8) is 0 Å². The summed E-state index contributed by atoms with van der Waals surface area (Å²) in [6, 6.07) is 8.56. The van der Waals surface area contributed by atoms with E-state index in [1.807, 2.05) is 0 Å². The highest BCUT2D eigenvalue weighted by Crippen LogP contribution is 2.37. The van der Waals surface area contributed by atoms with Crippen molar-refractivity contribution in [1.29, 1.82) is 0 Å². The SMILES string of the molecule is CCC/C=C/c1c(C(C)C)nc(C(C)C)c(CO)c1-c1cccc(C)c1. The van der Waals surface area contributed by atoms with Gasteiger partial charge in [0.05, 0.1) is 12.3 Å². The third kappa shape index (κ3) is 4.42. The molecule has 0 bridgehead atoms. The number of hydrogen-bond donors (Lipinski definition) is 1. The number of rotatable bonds is 7. The first-order valence-corrected chi connectivity index (χ1v) is 9.81. The third-order valence-electron chi connectivity index (χ3n) is 4.70. The van der Waals surface area contributed by atoms with Gasteiger partial charge in [0.1, 0.15) is 0 Å². The maximum absolute atomic E-state index is 10.2. The fraction of sp³-hybridized carbons (Fsp3) is 0.458. The molecule has 0 saturated heterocycles. The average Bonchev–Trinajstić information content (AvgIpc) is 2.60. The zero-order chi connectivity index (χ0) is 19.3. The Kier molecular flexibility index (Phi) is 7.16. The van der Waals surface area contributed by atoms with Crippen LogP contribution in [-0.4, -0.2) is 10.1 Å². The lowest BCUT2D eigenvalue weighted by atomic mass is 9.86. The Bertz CT molecular complexity index is 772. The molecule has 0 spiro atoms. The Balaban J connectivity index is 2.89. The van der Waals surface area contributed by atoms with Gasteiger partial charge in [-0.05, 0) is 36.3 Å². The van der Waals surface area contributed by atoms with Crippen molar-refractivity contribution in [2.45, 2.75) is 72.8 Å². The summed E-state index contributed by atoms with van der Waals surface area (Å²) in [4.78, 5) is 5.02. The number of nitrogens with zero attached hydrogens (tertiary/aromatic N) is 1. The van der Waals surface area contributed by atoms with E-state index in [9.17, 15) is 5.11 Å². The van der Waals surface area contributed by atoms with Crippen LogP contribution in [0.2, 0.25) is 0 Å². The standard InChI is InChI=1S/C24H33NO/c1-7-8-9-13-20-22(19-12-10-11-18(6)14-19)21(15-26)24(17(4)5)25-23(20)16(2)3/h9-14,16-17,26H,7-8,15H2,1-6H3/b13-9+. The molecule has 1 N–H and O–H groups in total. The molecule has 1 aromatic heterocycles. The molecule has 2 rings (SSSR count). The van der Waals surface area contributed by atoms with E-state index in [-0.39, 0.29) is 12.5 Å². The van der Waals surface area contributed by atoms with Gasteiger partial charge in [-0.3, -0.25) is 4.98 Å². The Morgan fingerprint density at radius 3 is 2.31 bits per heavy atom. The second-order valence-corrected chi connectivity index (χ2v) is 7.68. The number of hydrogen-bond acceptors (Lipinski definition) is 2. The molecule has 26 heavy (non-hydrogen) atoms. The molecule has 2 nitrogen and oxygen atoms in total. The summed E-state index contributed by atoms with van der Waals surface area (Å²) in [6.45, 7) is 13.0. The first kappa shape index (κ1) is 20.4. The average molecular weight is 352 g/mol. The van der Waals surface area contributed by atoms with Crippen LogP contribution in [0.25, 0.3) is 17.2 Å². The van der Waals surface area contributed by atoms with Gasteiger partial charge in [0, 0.05) is 16.8 Å². The monoisotopic (exact) mass is 351 g/mol. The first-order chi connectivity index (χ1) is 12.4. The second kappa shape index (κ2) is 9.14. The van der Waals surface area contributed by atoms with Crippen molar-refractivity contribution in [2.24, 2.45) is 0 Å². The number of aromatic nitrogens is 1. The zero-order valence-electron chi connectivity index (χ0n) is 17.1. The Morgan fingerprint density at radius 1 is 1.08 bits per heavy atom. The fourth-order valence-corrected chi connectivity index (χ4v) is 3.42. The molecular formula is C24H33NO. The minimum Gasteiger partial charge on any atom is -0.392 e. The predicted octanol–water partition coefficient (Wildman–Crippen LogP) is 6.61. The summed E-state index contributed by atoms with van der Waals surface area (Å²) in [6.07, 6.45) is 6.62. The van der Waals surface area contributed by atoms with Gasteiger partial charge < -0.3 is 5.11 Å². The number of aliphatic hydroxyl groups excluding tert-OH is 1. The van der Waals surface area contributed by atoms with Gasteiger partial charge in [0.25, 0.3) is 0 Å². The summed E-state index contributed by atoms with van der Waals surface area (Å²) in [5.41, 5.74) is 7.79. The quantitative estimate of drug-likeness (QED) is 0.609. The van der Waals surface area contributed by atoms with Crippen molar-refractivity contribution in [3.8, 4) is 11.1 Å². The lowest BCUT2D eigenvalue weighted by Gasteiger charge is -2.23. The number of aliphatic hydroxyl groups is 1. The number of allylic oxidation sites excluding steroid dienone is 1. The van der Waals surface area contributed by atoms with Crippen LogP contribution in [0.3, 0.4) is 0 Å². The molecule has 0 aliphatic rings. The maximum Gasteiger partial charge on any atom is 0.0706 e. The van der Waals surface area contributed by atoms with Gasteiger partial charge in [-0.25, -0.2) is 0 Å². The van der Waals surface area contributed by atoms with Crippen LogP contribution in [0.4, 0.5) is 0 Å². The molecule has 2 aromatic rings. The molecule has 0 amide bonds. The normalized spacial score (nSPS) is 11.9. The van der Waals surface area contributed by atoms with E-state index < -0.39 is 0 Å². The summed E-state index contributed by atoms with van der Waals surface area (Å²) in [5, 5.41) is 10.2. The highest BCUT2D eigenvalue weighted by molar-refractivity contribution is 5.80. The number of pyridine rings is 1. The van der Waals surface area contributed by atoms with E-state index in [4.69, 9.17) is 4.98 Å². The predicted molar refractivity (Wildman–Crippen MR) is 112 cm³/mol. The Hall–Kier alpha value is -1.93. The van der Waals surface area contributed by atoms with Gasteiger partial charge in [0.15, 0.2) is 0 Å².